The van der Waals surface area contributed by atoms with Gasteiger partial charge in [0.15, 0.2) is 0 Å². The minimum atomic E-state index is -2.95. The molecule has 0 aliphatic carbocycles. The van der Waals surface area contributed by atoms with E-state index in [0.29, 0.717) is 0 Å². The van der Waals surface area contributed by atoms with Crippen LogP contribution in [-0.2, 0) is 0 Å². The third kappa shape index (κ3) is 5.88. The lowest BCUT2D eigenvalue weighted by atomic mass is 10.2. The van der Waals surface area contributed by atoms with Gasteiger partial charge in [-0.1, -0.05) is 17.7 Å². The van der Waals surface area contributed by atoms with Gasteiger partial charge in [-0.25, -0.2) is 13.6 Å². The number of nitrogens with one attached hydrogen (secondary N) is 2. The molecule has 0 atom stereocenters. The molecule has 0 heterocycles. The Bertz CT molecular complexity index is 1120. The zero-order valence-corrected chi connectivity index (χ0v) is 16.6. The van der Waals surface area contributed by atoms with Crippen molar-refractivity contribution in [3.8, 4) is 17.2 Å². The molecule has 0 aliphatic heterocycles. The average Bonchev–Trinajstić information content (AvgIpc) is 2.71. The second kappa shape index (κ2) is 10.0. The van der Waals surface area contributed by atoms with Crippen molar-refractivity contribution in [2.24, 2.45) is 0 Å². The number of anilines is 1. The van der Waals surface area contributed by atoms with Crippen LogP contribution in [0.15, 0.2) is 60.7 Å². The molecule has 0 unspecified atom stereocenters. The highest BCUT2D eigenvalue weighted by Gasteiger charge is 2.19. The average molecular weight is 469 g/mol. The summed E-state index contributed by atoms with van der Waals surface area (Å²) in [6.45, 7) is -2.95. The number of benzene rings is 3. The van der Waals surface area contributed by atoms with Crippen molar-refractivity contribution in [3.05, 3.63) is 82.9 Å². The van der Waals surface area contributed by atoms with Gasteiger partial charge in [-0.05, 0) is 54.6 Å². The fourth-order valence-electron chi connectivity index (χ4n) is 2.52. The molecule has 0 bridgehead atoms. The number of carbonyl (C=O) groups excluding carboxylic acids is 2. The molecule has 0 radical (unpaired) electrons. The monoisotopic (exact) mass is 468 g/mol. The standard InChI is InChI=1S/C21H13ClF4N2O4/c22-14-10-11(27-21(30)28-19(29)18-15(23)2-1-3-16(18)24)4-9-17(14)31-12-5-7-13(8-6-12)32-20(25)26/h1-10,20H,(H2,27,28,29,30). The molecule has 0 saturated heterocycles. The summed E-state index contributed by atoms with van der Waals surface area (Å²) in [5.41, 5.74) is -0.739. The van der Waals surface area contributed by atoms with Gasteiger partial charge in [0.1, 0.15) is 34.4 Å². The Hall–Kier alpha value is -3.79. The van der Waals surface area contributed by atoms with Gasteiger partial charge < -0.3 is 14.8 Å². The number of alkyl halides is 2. The molecule has 0 fully saturated rings. The van der Waals surface area contributed by atoms with Crippen molar-refractivity contribution in [1.82, 2.24) is 5.32 Å². The van der Waals surface area contributed by atoms with E-state index in [4.69, 9.17) is 16.3 Å². The number of hydrogen-bond donors (Lipinski definition) is 2. The first-order valence-electron chi connectivity index (χ1n) is 8.81. The summed E-state index contributed by atoms with van der Waals surface area (Å²) in [5, 5.41) is 4.18. The molecule has 32 heavy (non-hydrogen) atoms. The summed E-state index contributed by atoms with van der Waals surface area (Å²) in [7, 11) is 0. The van der Waals surface area contributed by atoms with Crippen molar-refractivity contribution >= 4 is 29.2 Å². The number of imide groups is 1. The van der Waals surface area contributed by atoms with E-state index in [9.17, 15) is 27.2 Å². The summed E-state index contributed by atoms with van der Waals surface area (Å²) >= 11 is 6.12. The molecule has 166 valence electrons. The summed E-state index contributed by atoms with van der Waals surface area (Å²) in [5.74, 6) is -3.08. The minimum Gasteiger partial charge on any atom is -0.456 e. The highest BCUT2D eigenvalue weighted by molar-refractivity contribution is 6.32. The Kier molecular flexibility index (Phi) is 7.16. The van der Waals surface area contributed by atoms with Gasteiger partial charge in [-0.3, -0.25) is 10.1 Å². The van der Waals surface area contributed by atoms with Crippen LogP contribution >= 0.6 is 11.6 Å². The fraction of sp³-hybridized carbons (Fsp3) is 0.0476. The minimum absolute atomic E-state index is 0.0474. The zero-order valence-electron chi connectivity index (χ0n) is 15.9. The van der Waals surface area contributed by atoms with E-state index in [0.717, 1.165) is 18.2 Å². The third-order valence-electron chi connectivity index (χ3n) is 3.88. The SMILES string of the molecule is O=C(NC(=O)c1c(F)cccc1F)Nc1ccc(Oc2ccc(OC(F)F)cc2)c(Cl)c1. The number of ether oxygens (including phenoxy) is 2. The van der Waals surface area contributed by atoms with Crippen molar-refractivity contribution < 1.29 is 36.6 Å². The van der Waals surface area contributed by atoms with E-state index in [1.165, 1.54) is 42.5 Å². The molecule has 0 aliphatic rings. The molecule has 3 amide bonds. The molecular formula is C21H13ClF4N2O4. The first-order chi connectivity index (χ1) is 15.2. The molecule has 0 aromatic heterocycles. The van der Waals surface area contributed by atoms with Gasteiger partial charge in [0.25, 0.3) is 5.91 Å². The predicted molar refractivity (Wildman–Crippen MR) is 107 cm³/mol. The number of rotatable bonds is 6. The lowest BCUT2D eigenvalue weighted by Gasteiger charge is -2.11. The van der Waals surface area contributed by atoms with Gasteiger partial charge in [-0.2, -0.15) is 8.78 Å². The maximum absolute atomic E-state index is 13.6. The van der Waals surface area contributed by atoms with Crippen LogP contribution in [0.2, 0.25) is 5.02 Å². The largest absolute Gasteiger partial charge is 0.456 e. The molecule has 2 N–H and O–H groups in total. The van der Waals surface area contributed by atoms with Crippen LogP contribution in [-0.4, -0.2) is 18.5 Å². The fourth-order valence-corrected chi connectivity index (χ4v) is 2.74. The summed E-state index contributed by atoms with van der Waals surface area (Å²) in [6.07, 6.45) is 0. The van der Waals surface area contributed by atoms with E-state index in [2.05, 4.69) is 10.1 Å². The van der Waals surface area contributed by atoms with E-state index < -0.39 is 35.7 Å². The number of hydrogen-bond acceptors (Lipinski definition) is 4. The topological polar surface area (TPSA) is 76.7 Å². The maximum Gasteiger partial charge on any atom is 0.387 e. The van der Waals surface area contributed by atoms with Crippen molar-refractivity contribution in [1.29, 1.82) is 0 Å². The van der Waals surface area contributed by atoms with Crippen molar-refractivity contribution in [3.63, 3.8) is 0 Å². The molecule has 11 heteroatoms. The van der Waals surface area contributed by atoms with Gasteiger partial charge in [0, 0.05) is 5.69 Å². The number of carbonyl (C=O) groups is 2. The molecule has 3 aromatic rings. The van der Waals surface area contributed by atoms with Crippen LogP contribution in [0.4, 0.5) is 28.0 Å². The Labute approximate surface area is 183 Å². The molecular weight excluding hydrogens is 456 g/mol. The number of amides is 3. The quantitative estimate of drug-likeness (QED) is 0.437. The van der Waals surface area contributed by atoms with Gasteiger partial charge >= 0.3 is 12.6 Å². The smallest absolute Gasteiger partial charge is 0.387 e. The van der Waals surface area contributed by atoms with E-state index in [1.54, 1.807) is 0 Å². The molecule has 3 aromatic carbocycles. The molecule has 6 nitrogen and oxygen atoms in total. The predicted octanol–water partition coefficient (Wildman–Crippen LogP) is 5.97. The lowest BCUT2D eigenvalue weighted by Crippen LogP contribution is -2.35. The zero-order chi connectivity index (χ0) is 23.3. The first-order valence-corrected chi connectivity index (χ1v) is 9.19. The highest BCUT2D eigenvalue weighted by atomic mass is 35.5. The molecule has 0 saturated carbocycles. The second-order valence-electron chi connectivity index (χ2n) is 6.10. The van der Waals surface area contributed by atoms with Gasteiger partial charge in [0.05, 0.1) is 5.02 Å². The summed E-state index contributed by atoms with van der Waals surface area (Å²) in [6, 6.07) is 11.2. The highest BCUT2D eigenvalue weighted by Crippen LogP contribution is 2.32. The second-order valence-corrected chi connectivity index (χ2v) is 6.51. The van der Waals surface area contributed by atoms with E-state index in [1.807, 2.05) is 5.32 Å². The van der Waals surface area contributed by atoms with Crippen LogP contribution in [0.3, 0.4) is 0 Å². The Morgan fingerprint density at radius 2 is 1.53 bits per heavy atom. The Morgan fingerprint density at radius 1 is 0.906 bits per heavy atom. The van der Waals surface area contributed by atoms with E-state index in [-0.39, 0.29) is 28.0 Å². The molecule has 0 spiro atoms. The Morgan fingerprint density at radius 3 is 2.12 bits per heavy atom. The van der Waals surface area contributed by atoms with E-state index >= 15 is 0 Å². The van der Waals surface area contributed by atoms with Crippen LogP contribution in [0.5, 0.6) is 17.2 Å². The van der Waals surface area contributed by atoms with Crippen molar-refractivity contribution in [2.75, 3.05) is 5.32 Å². The van der Waals surface area contributed by atoms with Crippen LogP contribution in [0.25, 0.3) is 0 Å². The van der Waals surface area contributed by atoms with Gasteiger partial charge in [0.2, 0.25) is 0 Å². The summed E-state index contributed by atoms with van der Waals surface area (Å²) < 4.78 is 61.4. The normalized spacial score (nSPS) is 10.6. The third-order valence-corrected chi connectivity index (χ3v) is 4.18. The van der Waals surface area contributed by atoms with Crippen molar-refractivity contribution in [2.45, 2.75) is 6.61 Å². The maximum atomic E-state index is 13.6. The summed E-state index contributed by atoms with van der Waals surface area (Å²) in [4.78, 5) is 23.9. The number of halogens is 5. The molecule has 3 rings (SSSR count). The Balaban J connectivity index is 1.62. The number of urea groups is 1. The van der Waals surface area contributed by atoms with Crippen LogP contribution in [0, 0.1) is 11.6 Å². The van der Waals surface area contributed by atoms with Gasteiger partial charge in [-0.15, -0.1) is 0 Å². The first kappa shape index (κ1) is 22.9. The lowest BCUT2D eigenvalue weighted by molar-refractivity contribution is -0.0498. The van der Waals surface area contributed by atoms with Crippen LogP contribution < -0.4 is 20.1 Å². The van der Waals surface area contributed by atoms with Crippen LogP contribution in [0.1, 0.15) is 10.4 Å².